The van der Waals surface area contributed by atoms with Crippen LogP contribution in [0.2, 0.25) is 0 Å². The highest BCUT2D eigenvalue weighted by molar-refractivity contribution is 9.10. The second-order valence-electron chi connectivity index (χ2n) is 4.38. The number of halogens is 1. The lowest BCUT2D eigenvalue weighted by Crippen LogP contribution is -2.43. The van der Waals surface area contributed by atoms with Crippen molar-refractivity contribution in [3.63, 3.8) is 0 Å². The van der Waals surface area contributed by atoms with Gasteiger partial charge >= 0.3 is 11.8 Å². The minimum absolute atomic E-state index is 0.0459. The van der Waals surface area contributed by atoms with Crippen LogP contribution in [0.4, 0.5) is 5.69 Å². The molecule has 104 valence electrons. The van der Waals surface area contributed by atoms with Crippen LogP contribution in [0.1, 0.15) is 13.8 Å². The lowest BCUT2D eigenvalue weighted by molar-refractivity contribution is -0.136. The first kappa shape index (κ1) is 15.7. The Morgan fingerprint density at radius 2 is 1.79 bits per heavy atom. The maximum Gasteiger partial charge on any atom is 0.313 e. The third kappa shape index (κ3) is 5.00. The van der Waals surface area contributed by atoms with Crippen LogP contribution in [-0.4, -0.2) is 29.6 Å². The first-order valence-corrected chi connectivity index (χ1v) is 6.71. The summed E-state index contributed by atoms with van der Waals surface area (Å²) in [7, 11) is 0. The Morgan fingerprint density at radius 1 is 1.21 bits per heavy atom. The quantitative estimate of drug-likeness (QED) is 0.733. The predicted octanol–water partition coefficient (Wildman–Crippen LogP) is 1.52. The molecular weight excluding hydrogens is 312 g/mol. The molecule has 0 saturated heterocycles. The fraction of sp³-hybridized carbons (Fsp3) is 0.385. The van der Waals surface area contributed by atoms with Crippen LogP contribution in [0.15, 0.2) is 28.7 Å². The number of hydrogen-bond donors (Lipinski definition) is 3. The number of rotatable bonds is 4. The number of aliphatic hydroxyl groups excluding tert-OH is 1. The summed E-state index contributed by atoms with van der Waals surface area (Å²) >= 11 is 3.28. The summed E-state index contributed by atoms with van der Waals surface area (Å²) in [5.41, 5.74) is 0.547. The van der Waals surface area contributed by atoms with E-state index >= 15 is 0 Å². The molecule has 1 rings (SSSR count). The summed E-state index contributed by atoms with van der Waals surface area (Å²) < 4.78 is 0.889. The molecule has 0 aliphatic rings. The highest BCUT2D eigenvalue weighted by atomic mass is 79.9. The van der Waals surface area contributed by atoms with Crippen LogP contribution in [0.25, 0.3) is 0 Å². The number of benzene rings is 1. The minimum Gasteiger partial charge on any atom is -0.396 e. The summed E-state index contributed by atoms with van der Waals surface area (Å²) in [5, 5.41) is 14.0. The summed E-state index contributed by atoms with van der Waals surface area (Å²) in [6.07, 6.45) is 0. The zero-order chi connectivity index (χ0) is 14.4. The van der Waals surface area contributed by atoms with Crippen molar-refractivity contribution in [2.24, 2.45) is 5.92 Å². The van der Waals surface area contributed by atoms with E-state index in [0.717, 1.165) is 4.47 Å². The molecule has 2 atom stereocenters. The molecule has 0 fully saturated rings. The molecule has 0 aromatic heterocycles. The summed E-state index contributed by atoms with van der Waals surface area (Å²) in [4.78, 5) is 23.3. The van der Waals surface area contributed by atoms with E-state index in [0.29, 0.717) is 5.69 Å². The molecule has 1 aromatic rings. The third-order valence-corrected chi connectivity index (χ3v) is 3.34. The molecule has 0 saturated carbocycles. The van der Waals surface area contributed by atoms with Crippen LogP contribution in [0, 0.1) is 5.92 Å². The van der Waals surface area contributed by atoms with Gasteiger partial charge in [-0.3, -0.25) is 9.59 Å². The number of amides is 2. The predicted molar refractivity (Wildman–Crippen MR) is 76.6 cm³/mol. The number of nitrogens with one attached hydrogen (secondary N) is 2. The fourth-order valence-electron chi connectivity index (χ4n) is 1.29. The van der Waals surface area contributed by atoms with Gasteiger partial charge in [-0.1, -0.05) is 22.9 Å². The molecule has 6 heteroatoms. The largest absolute Gasteiger partial charge is 0.396 e. The molecule has 19 heavy (non-hydrogen) atoms. The van der Waals surface area contributed by atoms with Gasteiger partial charge in [0.2, 0.25) is 0 Å². The van der Waals surface area contributed by atoms with E-state index < -0.39 is 11.8 Å². The van der Waals surface area contributed by atoms with Crippen molar-refractivity contribution in [2.45, 2.75) is 19.9 Å². The maximum absolute atomic E-state index is 11.6. The van der Waals surface area contributed by atoms with Gasteiger partial charge in [-0.05, 0) is 37.1 Å². The lowest BCUT2D eigenvalue weighted by Gasteiger charge is -2.18. The van der Waals surface area contributed by atoms with Gasteiger partial charge in [0.1, 0.15) is 0 Å². The molecule has 5 nitrogen and oxygen atoms in total. The fourth-order valence-corrected chi connectivity index (χ4v) is 1.56. The zero-order valence-corrected chi connectivity index (χ0v) is 12.4. The van der Waals surface area contributed by atoms with Gasteiger partial charge in [0, 0.05) is 22.8 Å². The van der Waals surface area contributed by atoms with Crippen molar-refractivity contribution in [3.8, 4) is 0 Å². The van der Waals surface area contributed by atoms with Crippen molar-refractivity contribution < 1.29 is 14.7 Å². The van der Waals surface area contributed by atoms with E-state index in [4.69, 9.17) is 5.11 Å². The van der Waals surface area contributed by atoms with E-state index in [2.05, 4.69) is 26.6 Å². The Morgan fingerprint density at radius 3 is 2.32 bits per heavy atom. The van der Waals surface area contributed by atoms with E-state index in [9.17, 15) is 9.59 Å². The Hall–Kier alpha value is -1.40. The van der Waals surface area contributed by atoms with Crippen molar-refractivity contribution in [3.05, 3.63) is 28.7 Å². The molecule has 0 aliphatic carbocycles. The standard InChI is InChI=1S/C13H17BrN2O3/c1-8(7-17)9(2)15-12(18)13(19)16-11-5-3-10(14)4-6-11/h3-6,8-9,17H,7H2,1-2H3,(H,15,18)(H,16,19). The molecule has 0 spiro atoms. The van der Waals surface area contributed by atoms with Gasteiger partial charge in [-0.15, -0.1) is 0 Å². The van der Waals surface area contributed by atoms with E-state index in [1.165, 1.54) is 0 Å². The SMILES string of the molecule is CC(CO)C(C)NC(=O)C(=O)Nc1ccc(Br)cc1. The van der Waals surface area contributed by atoms with Gasteiger partial charge in [-0.2, -0.15) is 0 Å². The van der Waals surface area contributed by atoms with Crippen LogP contribution in [-0.2, 0) is 9.59 Å². The van der Waals surface area contributed by atoms with Crippen molar-refractivity contribution in [1.82, 2.24) is 5.32 Å². The molecule has 0 radical (unpaired) electrons. The molecule has 1 aromatic carbocycles. The third-order valence-electron chi connectivity index (χ3n) is 2.81. The summed E-state index contributed by atoms with van der Waals surface area (Å²) in [6.45, 7) is 3.49. The lowest BCUT2D eigenvalue weighted by atomic mass is 10.1. The van der Waals surface area contributed by atoms with E-state index in [-0.39, 0.29) is 18.6 Å². The van der Waals surface area contributed by atoms with Crippen LogP contribution < -0.4 is 10.6 Å². The Kier molecular flexibility index (Phi) is 5.98. The summed E-state index contributed by atoms with van der Waals surface area (Å²) in [6, 6.07) is 6.64. The number of hydrogen-bond acceptors (Lipinski definition) is 3. The average molecular weight is 329 g/mol. The Bertz CT molecular complexity index is 448. The van der Waals surface area contributed by atoms with Gasteiger partial charge in [0.05, 0.1) is 0 Å². The van der Waals surface area contributed by atoms with Gasteiger partial charge in [0.15, 0.2) is 0 Å². The first-order valence-electron chi connectivity index (χ1n) is 5.92. The average Bonchev–Trinajstić information content (AvgIpc) is 2.40. The van der Waals surface area contributed by atoms with Gasteiger partial charge in [0.25, 0.3) is 0 Å². The van der Waals surface area contributed by atoms with Crippen LogP contribution >= 0.6 is 15.9 Å². The Balaban J connectivity index is 2.53. The van der Waals surface area contributed by atoms with E-state index in [1.807, 2.05) is 0 Å². The first-order chi connectivity index (χ1) is 8.93. The number of anilines is 1. The number of carbonyl (C=O) groups excluding carboxylic acids is 2. The molecule has 3 N–H and O–H groups in total. The second kappa shape index (κ2) is 7.25. The Labute approximate surface area is 120 Å². The monoisotopic (exact) mass is 328 g/mol. The van der Waals surface area contributed by atoms with Crippen LogP contribution in [0.5, 0.6) is 0 Å². The molecule has 2 unspecified atom stereocenters. The zero-order valence-electron chi connectivity index (χ0n) is 10.8. The van der Waals surface area contributed by atoms with Crippen molar-refractivity contribution in [1.29, 1.82) is 0 Å². The minimum atomic E-state index is -0.723. The highest BCUT2D eigenvalue weighted by Crippen LogP contribution is 2.13. The molecule has 0 aliphatic heterocycles. The smallest absolute Gasteiger partial charge is 0.313 e. The van der Waals surface area contributed by atoms with Gasteiger partial charge in [-0.25, -0.2) is 0 Å². The molecule has 0 bridgehead atoms. The molecule has 2 amide bonds. The van der Waals surface area contributed by atoms with Crippen molar-refractivity contribution in [2.75, 3.05) is 11.9 Å². The highest BCUT2D eigenvalue weighted by Gasteiger charge is 2.19. The van der Waals surface area contributed by atoms with Gasteiger partial charge < -0.3 is 15.7 Å². The van der Waals surface area contributed by atoms with Crippen molar-refractivity contribution >= 4 is 33.4 Å². The normalized spacial score (nSPS) is 13.5. The van der Waals surface area contributed by atoms with Crippen LogP contribution in [0.3, 0.4) is 0 Å². The maximum atomic E-state index is 11.6. The number of aliphatic hydroxyl groups is 1. The molecular formula is C13H17BrN2O3. The number of carbonyl (C=O) groups is 2. The topological polar surface area (TPSA) is 78.4 Å². The second-order valence-corrected chi connectivity index (χ2v) is 5.30. The molecule has 0 heterocycles. The van der Waals surface area contributed by atoms with E-state index in [1.54, 1.807) is 38.1 Å². The summed E-state index contributed by atoms with van der Waals surface area (Å²) in [5.74, 6) is -1.54.